The third-order valence-corrected chi connectivity index (χ3v) is 11.9. The van der Waals surface area contributed by atoms with E-state index in [0.29, 0.717) is 11.5 Å². The van der Waals surface area contributed by atoms with Gasteiger partial charge in [0.1, 0.15) is 16.8 Å². The smallest absolute Gasteiger partial charge is 0.236 e. The first kappa shape index (κ1) is 30.6. The SMILES string of the molecule is c1ccc(-n2c3ccc4ccccc4c3c3c4ccccc4c4c5ccccc5n(-c5nc(-c6ccc7ccccc7c6)c6oc7ccccc7c6n5)c4c32)cc1. The molecule has 0 atom stereocenters. The first-order valence-corrected chi connectivity index (χ1v) is 19.3. The molecule has 5 nitrogen and oxygen atoms in total. The number of furan rings is 1. The molecule has 13 aromatic rings. The Morgan fingerprint density at radius 3 is 1.88 bits per heavy atom. The maximum atomic E-state index is 6.64. The monoisotopic (exact) mass is 726 g/mol. The lowest BCUT2D eigenvalue weighted by molar-refractivity contribution is 0.666. The first-order chi connectivity index (χ1) is 28.3. The van der Waals surface area contributed by atoms with Crippen molar-refractivity contribution in [2.75, 3.05) is 0 Å². The summed E-state index contributed by atoms with van der Waals surface area (Å²) in [4.78, 5) is 11.1. The van der Waals surface area contributed by atoms with Gasteiger partial charge in [-0.25, -0.2) is 9.97 Å². The van der Waals surface area contributed by atoms with Crippen LogP contribution < -0.4 is 0 Å². The summed E-state index contributed by atoms with van der Waals surface area (Å²) in [5, 5.41) is 12.9. The van der Waals surface area contributed by atoms with Gasteiger partial charge in [0, 0.05) is 38.2 Å². The molecule has 0 radical (unpaired) electrons. The van der Waals surface area contributed by atoms with Crippen LogP contribution in [0.5, 0.6) is 0 Å². The molecular formula is C52H30N4O. The Morgan fingerprint density at radius 2 is 1.04 bits per heavy atom. The van der Waals surface area contributed by atoms with Crippen molar-refractivity contribution in [2.45, 2.75) is 0 Å². The topological polar surface area (TPSA) is 48.8 Å². The Hall–Kier alpha value is -7.76. The van der Waals surface area contributed by atoms with Crippen LogP contribution in [0.3, 0.4) is 0 Å². The third-order valence-electron chi connectivity index (χ3n) is 11.9. The molecule has 57 heavy (non-hydrogen) atoms. The van der Waals surface area contributed by atoms with E-state index in [9.17, 15) is 0 Å². The standard InChI is InChI=1S/C52H30N4O/c1-2-17-35(18-3-1)55-42-29-28-32-15-6-7-19-36(32)45(42)46-38-21-9-8-20-37(38)44-39-22-10-12-24-41(39)56(49(44)50(46)55)52-53-47(34-27-26-31-14-4-5-16-33(31)30-34)51-48(54-52)40-23-11-13-25-43(40)57-51/h1-30H. The van der Waals surface area contributed by atoms with Crippen molar-refractivity contribution in [1.82, 2.24) is 19.1 Å². The van der Waals surface area contributed by atoms with Crippen LogP contribution in [0.2, 0.25) is 0 Å². The van der Waals surface area contributed by atoms with Crippen molar-refractivity contribution in [1.29, 1.82) is 0 Å². The van der Waals surface area contributed by atoms with Crippen LogP contribution in [0.15, 0.2) is 186 Å². The zero-order valence-electron chi connectivity index (χ0n) is 30.5. The molecule has 0 saturated heterocycles. The number of nitrogens with zero attached hydrogens (tertiary/aromatic N) is 4. The van der Waals surface area contributed by atoms with Crippen molar-refractivity contribution < 1.29 is 4.42 Å². The van der Waals surface area contributed by atoms with Crippen molar-refractivity contribution >= 4 is 98.0 Å². The van der Waals surface area contributed by atoms with Gasteiger partial charge in [0.15, 0.2) is 5.58 Å². The van der Waals surface area contributed by atoms with Crippen LogP contribution in [0.4, 0.5) is 0 Å². The number of para-hydroxylation sites is 3. The van der Waals surface area contributed by atoms with E-state index in [1.165, 1.54) is 43.1 Å². The van der Waals surface area contributed by atoms with E-state index in [-0.39, 0.29) is 0 Å². The van der Waals surface area contributed by atoms with Gasteiger partial charge in [0.25, 0.3) is 0 Å². The zero-order valence-corrected chi connectivity index (χ0v) is 30.5. The summed E-state index contributed by atoms with van der Waals surface area (Å²) in [5.74, 6) is 0.592. The van der Waals surface area contributed by atoms with Crippen molar-refractivity contribution in [2.24, 2.45) is 0 Å². The largest absolute Gasteiger partial charge is 0.452 e. The molecule has 0 spiro atoms. The second-order valence-corrected chi connectivity index (χ2v) is 14.9. The highest BCUT2D eigenvalue weighted by atomic mass is 16.3. The molecule has 264 valence electrons. The lowest BCUT2D eigenvalue weighted by atomic mass is 9.96. The highest BCUT2D eigenvalue weighted by molar-refractivity contribution is 6.39. The summed E-state index contributed by atoms with van der Waals surface area (Å²) in [6, 6.07) is 64.8. The molecule has 0 unspecified atom stereocenters. The summed E-state index contributed by atoms with van der Waals surface area (Å²) in [6.45, 7) is 0. The van der Waals surface area contributed by atoms with E-state index in [4.69, 9.17) is 14.4 Å². The number of rotatable bonds is 3. The van der Waals surface area contributed by atoms with Crippen LogP contribution in [-0.2, 0) is 0 Å². The number of hydrogen-bond acceptors (Lipinski definition) is 3. The molecule has 0 aliphatic carbocycles. The molecular weight excluding hydrogens is 697 g/mol. The van der Waals surface area contributed by atoms with Crippen molar-refractivity contribution in [3.63, 3.8) is 0 Å². The molecule has 0 N–H and O–H groups in total. The van der Waals surface area contributed by atoms with Crippen molar-refractivity contribution in [3.8, 4) is 22.9 Å². The maximum absolute atomic E-state index is 6.64. The van der Waals surface area contributed by atoms with E-state index in [2.05, 4.69) is 173 Å². The molecule has 0 bridgehead atoms. The minimum Gasteiger partial charge on any atom is -0.452 e. The maximum Gasteiger partial charge on any atom is 0.236 e. The normalized spacial score (nSPS) is 12.2. The second-order valence-electron chi connectivity index (χ2n) is 14.9. The van der Waals surface area contributed by atoms with Crippen molar-refractivity contribution in [3.05, 3.63) is 182 Å². The molecule has 5 heteroatoms. The lowest BCUT2D eigenvalue weighted by Crippen LogP contribution is -2.04. The second kappa shape index (κ2) is 11.4. The highest BCUT2D eigenvalue weighted by Crippen LogP contribution is 2.48. The summed E-state index contributed by atoms with van der Waals surface area (Å²) < 4.78 is 11.4. The fraction of sp³-hybridized carbons (Fsp3) is 0. The Kier molecular flexibility index (Phi) is 6.10. The Bertz CT molecular complexity index is 3810. The van der Waals surface area contributed by atoms with Gasteiger partial charge in [0.2, 0.25) is 5.95 Å². The van der Waals surface area contributed by atoms with E-state index in [1.54, 1.807) is 0 Å². The molecule has 4 aromatic heterocycles. The first-order valence-electron chi connectivity index (χ1n) is 19.3. The molecule has 0 saturated carbocycles. The van der Waals surface area contributed by atoms with Gasteiger partial charge in [-0.05, 0) is 74.8 Å². The number of aromatic nitrogens is 4. The minimum absolute atomic E-state index is 0.592. The zero-order chi connectivity index (χ0) is 37.2. The quantitative estimate of drug-likeness (QED) is 0.182. The average Bonchev–Trinajstić information content (AvgIpc) is 3.95. The van der Waals surface area contributed by atoms with Crippen LogP contribution in [0.1, 0.15) is 0 Å². The van der Waals surface area contributed by atoms with E-state index in [0.717, 1.165) is 66.3 Å². The molecule has 0 fully saturated rings. The highest BCUT2D eigenvalue weighted by Gasteiger charge is 2.27. The van der Waals surface area contributed by atoms with E-state index < -0.39 is 0 Å². The Balaban J connectivity index is 1.29. The molecule has 9 aromatic carbocycles. The summed E-state index contributed by atoms with van der Waals surface area (Å²) >= 11 is 0. The van der Waals surface area contributed by atoms with Crippen LogP contribution in [0.25, 0.3) is 121 Å². The minimum atomic E-state index is 0.592. The third kappa shape index (κ3) is 4.17. The number of hydrogen-bond donors (Lipinski definition) is 0. The summed E-state index contributed by atoms with van der Waals surface area (Å²) in [7, 11) is 0. The van der Waals surface area contributed by atoms with Gasteiger partial charge in [-0.3, -0.25) is 4.57 Å². The predicted octanol–water partition coefficient (Wildman–Crippen LogP) is 13.7. The van der Waals surface area contributed by atoms with E-state index in [1.807, 2.05) is 18.2 Å². The van der Waals surface area contributed by atoms with Gasteiger partial charge in [0.05, 0.1) is 22.1 Å². The Morgan fingerprint density at radius 1 is 0.404 bits per heavy atom. The van der Waals surface area contributed by atoms with Gasteiger partial charge in [-0.15, -0.1) is 0 Å². The van der Waals surface area contributed by atoms with E-state index >= 15 is 0 Å². The van der Waals surface area contributed by atoms with Crippen LogP contribution >= 0.6 is 0 Å². The fourth-order valence-electron chi connectivity index (χ4n) is 9.47. The molecule has 0 aliphatic rings. The number of fused-ring (bicyclic) bond motifs is 16. The Labute approximate surface area is 325 Å². The molecule has 4 heterocycles. The summed E-state index contributed by atoms with van der Waals surface area (Å²) in [5.41, 5.74) is 9.44. The predicted molar refractivity (Wildman–Crippen MR) is 236 cm³/mol. The summed E-state index contributed by atoms with van der Waals surface area (Å²) in [6.07, 6.45) is 0. The molecule has 0 amide bonds. The number of benzene rings is 9. The van der Waals surface area contributed by atoms with Gasteiger partial charge < -0.3 is 8.98 Å². The van der Waals surface area contributed by atoms with Crippen LogP contribution in [0, 0.1) is 0 Å². The van der Waals surface area contributed by atoms with Crippen LogP contribution in [-0.4, -0.2) is 19.1 Å². The fourth-order valence-corrected chi connectivity index (χ4v) is 9.47. The average molecular weight is 727 g/mol. The molecule has 13 rings (SSSR count). The van der Waals surface area contributed by atoms with Gasteiger partial charge in [-0.2, -0.15) is 0 Å². The van der Waals surface area contributed by atoms with Gasteiger partial charge in [-0.1, -0.05) is 140 Å². The lowest BCUT2D eigenvalue weighted by Gasteiger charge is -2.14. The molecule has 0 aliphatic heterocycles. The van der Waals surface area contributed by atoms with Gasteiger partial charge >= 0.3 is 0 Å².